The first-order chi connectivity index (χ1) is 14.8. The molecule has 8 heteroatoms. The first-order valence-electron chi connectivity index (χ1n) is 10.3. The largest absolute Gasteiger partial charge is 0.350 e. The minimum atomic E-state index is -0.712. The number of halogens is 2. The Balaban J connectivity index is 1.50. The number of piperazine rings is 1. The van der Waals surface area contributed by atoms with Gasteiger partial charge >= 0.3 is 0 Å². The van der Waals surface area contributed by atoms with Crippen LogP contribution >= 0.6 is 23.2 Å². The summed E-state index contributed by atoms with van der Waals surface area (Å²) in [7, 11) is 2.15. The van der Waals surface area contributed by atoms with Crippen molar-refractivity contribution in [3.63, 3.8) is 0 Å². The summed E-state index contributed by atoms with van der Waals surface area (Å²) in [6.07, 6.45) is 0. The SMILES string of the molecule is CC(NC(=O)c1cccc(Cl)c1Cl)C(=O)NCc1cccc(CN2CCN(C)CC2)c1. The van der Waals surface area contributed by atoms with Crippen LogP contribution in [0.25, 0.3) is 0 Å². The molecule has 2 aromatic carbocycles. The number of amides is 2. The number of carbonyl (C=O) groups excluding carboxylic acids is 2. The third-order valence-electron chi connectivity index (χ3n) is 5.40. The number of nitrogens with zero attached hydrogens (tertiary/aromatic N) is 2. The molecule has 1 saturated heterocycles. The Bertz CT molecular complexity index is 930. The summed E-state index contributed by atoms with van der Waals surface area (Å²) in [6, 6.07) is 12.3. The van der Waals surface area contributed by atoms with Crippen LogP contribution in [0.15, 0.2) is 42.5 Å². The summed E-state index contributed by atoms with van der Waals surface area (Å²) < 4.78 is 0. The molecule has 1 fully saturated rings. The van der Waals surface area contributed by atoms with Gasteiger partial charge in [-0.25, -0.2) is 0 Å². The van der Waals surface area contributed by atoms with Gasteiger partial charge in [-0.1, -0.05) is 53.5 Å². The summed E-state index contributed by atoms with van der Waals surface area (Å²) in [5.41, 5.74) is 2.50. The minimum Gasteiger partial charge on any atom is -0.350 e. The van der Waals surface area contributed by atoms with E-state index in [0.29, 0.717) is 11.6 Å². The third-order valence-corrected chi connectivity index (χ3v) is 6.22. The van der Waals surface area contributed by atoms with Gasteiger partial charge in [0.25, 0.3) is 5.91 Å². The van der Waals surface area contributed by atoms with Crippen LogP contribution in [0.4, 0.5) is 0 Å². The zero-order valence-electron chi connectivity index (χ0n) is 17.8. The lowest BCUT2D eigenvalue weighted by molar-refractivity contribution is -0.122. The molecule has 6 nitrogen and oxygen atoms in total. The number of hydrogen-bond donors (Lipinski definition) is 2. The lowest BCUT2D eigenvalue weighted by Gasteiger charge is -2.32. The van der Waals surface area contributed by atoms with Gasteiger partial charge in [-0.05, 0) is 37.2 Å². The van der Waals surface area contributed by atoms with Crippen LogP contribution in [-0.2, 0) is 17.9 Å². The molecular formula is C23H28Cl2N4O2. The second-order valence-electron chi connectivity index (χ2n) is 7.91. The molecule has 1 unspecified atom stereocenters. The van der Waals surface area contributed by atoms with Crippen LogP contribution in [0.5, 0.6) is 0 Å². The van der Waals surface area contributed by atoms with E-state index in [1.807, 2.05) is 12.1 Å². The van der Waals surface area contributed by atoms with Crippen molar-refractivity contribution in [2.45, 2.75) is 26.1 Å². The van der Waals surface area contributed by atoms with E-state index >= 15 is 0 Å². The predicted octanol–water partition coefficient (Wildman–Crippen LogP) is 3.18. The van der Waals surface area contributed by atoms with E-state index in [4.69, 9.17) is 23.2 Å². The van der Waals surface area contributed by atoms with Gasteiger partial charge in [-0.2, -0.15) is 0 Å². The molecule has 2 aromatic rings. The molecule has 166 valence electrons. The zero-order chi connectivity index (χ0) is 22.4. The second kappa shape index (κ2) is 11.0. The van der Waals surface area contributed by atoms with Crippen molar-refractivity contribution in [1.29, 1.82) is 0 Å². The van der Waals surface area contributed by atoms with Crippen molar-refractivity contribution in [2.75, 3.05) is 33.2 Å². The maximum Gasteiger partial charge on any atom is 0.253 e. The van der Waals surface area contributed by atoms with Gasteiger partial charge in [-0.3, -0.25) is 14.5 Å². The molecule has 1 aliphatic rings. The number of hydrogen-bond acceptors (Lipinski definition) is 4. The molecule has 1 aliphatic heterocycles. The van der Waals surface area contributed by atoms with Crippen molar-refractivity contribution in [3.8, 4) is 0 Å². The smallest absolute Gasteiger partial charge is 0.253 e. The number of likely N-dealkylation sites (N-methyl/N-ethyl adjacent to an activating group) is 1. The first-order valence-corrected chi connectivity index (χ1v) is 11.1. The van der Waals surface area contributed by atoms with Gasteiger partial charge in [0, 0.05) is 39.3 Å². The monoisotopic (exact) mass is 462 g/mol. The summed E-state index contributed by atoms with van der Waals surface area (Å²) in [4.78, 5) is 29.7. The maximum atomic E-state index is 12.5. The van der Waals surface area contributed by atoms with Gasteiger partial charge in [0.1, 0.15) is 6.04 Å². The standard InChI is InChI=1S/C23H28Cl2N4O2/c1-16(27-23(31)19-7-4-8-20(24)21(19)25)22(30)26-14-17-5-3-6-18(13-17)15-29-11-9-28(2)10-12-29/h3-8,13,16H,9-12,14-15H2,1-2H3,(H,26,30)(H,27,31). The molecule has 3 rings (SSSR count). The minimum absolute atomic E-state index is 0.173. The lowest BCUT2D eigenvalue weighted by atomic mass is 10.1. The number of benzene rings is 2. The third kappa shape index (κ3) is 6.68. The van der Waals surface area contributed by atoms with Gasteiger partial charge in [0.15, 0.2) is 0 Å². The zero-order valence-corrected chi connectivity index (χ0v) is 19.3. The molecule has 2 N–H and O–H groups in total. The fourth-order valence-corrected chi connectivity index (χ4v) is 3.85. The van der Waals surface area contributed by atoms with E-state index in [-0.39, 0.29) is 16.5 Å². The van der Waals surface area contributed by atoms with E-state index in [1.54, 1.807) is 25.1 Å². The topological polar surface area (TPSA) is 64.7 Å². The summed E-state index contributed by atoms with van der Waals surface area (Å²) in [5.74, 6) is -0.708. The molecular weight excluding hydrogens is 435 g/mol. The Labute approximate surface area is 193 Å². The molecule has 0 aliphatic carbocycles. The van der Waals surface area contributed by atoms with Crippen molar-refractivity contribution in [3.05, 3.63) is 69.2 Å². The Morgan fingerprint density at radius 1 is 1.03 bits per heavy atom. The van der Waals surface area contributed by atoms with Crippen LogP contribution in [0.1, 0.15) is 28.4 Å². The van der Waals surface area contributed by atoms with Crippen LogP contribution in [0, 0.1) is 0 Å². The second-order valence-corrected chi connectivity index (χ2v) is 8.70. The van der Waals surface area contributed by atoms with Crippen molar-refractivity contribution < 1.29 is 9.59 Å². The van der Waals surface area contributed by atoms with Gasteiger partial charge < -0.3 is 15.5 Å². The predicted molar refractivity (Wildman–Crippen MR) is 124 cm³/mol. The van der Waals surface area contributed by atoms with Gasteiger partial charge in [-0.15, -0.1) is 0 Å². The lowest BCUT2D eigenvalue weighted by Crippen LogP contribution is -2.44. The van der Waals surface area contributed by atoms with Crippen LogP contribution < -0.4 is 10.6 Å². The Morgan fingerprint density at radius 2 is 1.71 bits per heavy atom. The van der Waals surface area contributed by atoms with Gasteiger partial charge in [0.2, 0.25) is 5.91 Å². The molecule has 31 heavy (non-hydrogen) atoms. The molecule has 1 atom stereocenters. The van der Waals surface area contributed by atoms with Gasteiger partial charge in [0.05, 0.1) is 15.6 Å². The van der Waals surface area contributed by atoms with Crippen molar-refractivity contribution >= 4 is 35.0 Å². The van der Waals surface area contributed by atoms with E-state index < -0.39 is 11.9 Å². The summed E-state index contributed by atoms with van der Waals surface area (Å²) >= 11 is 12.0. The van der Waals surface area contributed by atoms with Crippen LogP contribution in [0.2, 0.25) is 10.0 Å². The molecule has 0 spiro atoms. The molecule has 0 saturated carbocycles. The van der Waals surface area contributed by atoms with E-state index in [9.17, 15) is 9.59 Å². The number of rotatable bonds is 7. The fourth-order valence-electron chi connectivity index (χ4n) is 3.46. The Hall–Kier alpha value is -2.12. The highest BCUT2D eigenvalue weighted by Gasteiger charge is 2.19. The highest BCUT2D eigenvalue weighted by atomic mass is 35.5. The highest BCUT2D eigenvalue weighted by Crippen LogP contribution is 2.25. The van der Waals surface area contributed by atoms with E-state index in [0.717, 1.165) is 38.3 Å². The van der Waals surface area contributed by atoms with Crippen LogP contribution in [-0.4, -0.2) is 60.9 Å². The van der Waals surface area contributed by atoms with Crippen molar-refractivity contribution in [2.24, 2.45) is 0 Å². The van der Waals surface area contributed by atoms with E-state index in [1.165, 1.54) is 5.56 Å². The first kappa shape index (κ1) is 23.5. The average molecular weight is 463 g/mol. The van der Waals surface area contributed by atoms with Crippen LogP contribution in [0.3, 0.4) is 0 Å². The highest BCUT2D eigenvalue weighted by molar-refractivity contribution is 6.43. The molecule has 1 heterocycles. The summed E-state index contributed by atoms with van der Waals surface area (Å²) in [5, 5.41) is 6.02. The number of nitrogens with one attached hydrogen (secondary N) is 2. The summed E-state index contributed by atoms with van der Waals surface area (Å²) in [6.45, 7) is 7.22. The van der Waals surface area contributed by atoms with E-state index in [2.05, 4.69) is 39.6 Å². The normalized spacial score (nSPS) is 16.0. The maximum absolute atomic E-state index is 12.5. The molecule has 2 amide bonds. The number of carbonyl (C=O) groups is 2. The molecule has 0 bridgehead atoms. The quantitative estimate of drug-likeness (QED) is 0.662. The van der Waals surface area contributed by atoms with Crippen molar-refractivity contribution in [1.82, 2.24) is 20.4 Å². The average Bonchev–Trinajstić information content (AvgIpc) is 2.75. The molecule has 0 radical (unpaired) electrons. The Kier molecular flexibility index (Phi) is 8.32. The Morgan fingerprint density at radius 3 is 2.45 bits per heavy atom. The molecule has 0 aromatic heterocycles. The fraction of sp³-hybridized carbons (Fsp3) is 0.391.